The fourth-order valence-corrected chi connectivity index (χ4v) is 2.28. The van der Waals surface area contributed by atoms with Crippen LogP contribution in [0.3, 0.4) is 0 Å². The van der Waals surface area contributed by atoms with Gasteiger partial charge in [-0.2, -0.15) is 0 Å². The predicted octanol–water partition coefficient (Wildman–Crippen LogP) is 0.0965. The SMILES string of the molecule is NC(=O)NC1CC2CCN1CC2. The quantitative estimate of drug-likeness (QED) is 0.584. The highest BCUT2D eigenvalue weighted by Gasteiger charge is 2.33. The van der Waals surface area contributed by atoms with E-state index in [9.17, 15) is 4.79 Å². The van der Waals surface area contributed by atoms with Crippen LogP contribution >= 0.6 is 0 Å². The molecule has 0 saturated carbocycles. The topological polar surface area (TPSA) is 58.4 Å². The lowest BCUT2D eigenvalue weighted by Crippen LogP contribution is -2.57. The minimum atomic E-state index is -0.396. The van der Waals surface area contributed by atoms with Crippen LogP contribution in [0.25, 0.3) is 0 Å². The first kappa shape index (κ1) is 7.86. The van der Waals surface area contributed by atoms with Crippen molar-refractivity contribution in [3.63, 3.8) is 0 Å². The Morgan fingerprint density at radius 3 is 2.50 bits per heavy atom. The number of nitrogens with zero attached hydrogens (tertiary/aromatic N) is 1. The van der Waals surface area contributed by atoms with Gasteiger partial charge in [0.15, 0.2) is 0 Å². The molecule has 2 bridgehead atoms. The highest BCUT2D eigenvalue weighted by Crippen LogP contribution is 2.30. The Morgan fingerprint density at radius 1 is 1.42 bits per heavy atom. The summed E-state index contributed by atoms with van der Waals surface area (Å²) in [7, 11) is 0. The molecule has 0 aromatic carbocycles. The molecule has 0 radical (unpaired) electrons. The average molecular weight is 169 g/mol. The van der Waals surface area contributed by atoms with E-state index in [0.29, 0.717) is 0 Å². The van der Waals surface area contributed by atoms with Gasteiger partial charge in [-0.3, -0.25) is 4.90 Å². The molecule has 3 aliphatic heterocycles. The van der Waals surface area contributed by atoms with E-state index in [1.54, 1.807) is 0 Å². The second-order valence-electron chi connectivity index (χ2n) is 3.74. The molecule has 1 atom stereocenters. The monoisotopic (exact) mass is 169 g/mol. The number of fused-ring (bicyclic) bond motifs is 3. The van der Waals surface area contributed by atoms with E-state index in [-0.39, 0.29) is 6.17 Å². The van der Waals surface area contributed by atoms with Crippen molar-refractivity contribution in [2.24, 2.45) is 11.7 Å². The summed E-state index contributed by atoms with van der Waals surface area (Å²) in [5, 5.41) is 2.78. The third kappa shape index (κ3) is 1.39. The van der Waals surface area contributed by atoms with Crippen molar-refractivity contribution in [2.45, 2.75) is 25.4 Å². The summed E-state index contributed by atoms with van der Waals surface area (Å²) >= 11 is 0. The van der Waals surface area contributed by atoms with Crippen LogP contribution in [-0.4, -0.2) is 30.2 Å². The van der Waals surface area contributed by atoms with Gasteiger partial charge in [0.25, 0.3) is 0 Å². The van der Waals surface area contributed by atoms with Crippen LogP contribution in [0.5, 0.6) is 0 Å². The predicted molar refractivity (Wildman–Crippen MR) is 45.4 cm³/mol. The number of amides is 2. The van der Waals surface area contributed by atoms with Gasteiger partial charge in [0.1, 0.15) is 0 Å². The molecule has 2 amide bonds. The minimum absolute atomic E-state index is 0.218. The van der Waals surface area contributed by atoms with Crippen LogP contribution in [0.2, 0.25) is 0 Å². The van der Waals surface area contributed by atoms with Crippen LogP contribution in [-0.2, 0) is 0 Å². The second-order valence-corrected chi connectivity index (χ2v) is 3.74. The molecule has 0 aromatic heterocycles. The summed E-state index contributed by atoms with van der Waals surface area (Å²) < 4.78 is 0. The van der Waals surface area contributed by atoms with Gasteiger partial charge in [-0.15, -0.1) is 0 Å². The Hall–Kier alpha value is -0.770. The van der Waals surface area contributed by atoms with E-state index in [2.05, 4.69) is 10.2 Å². The summed E-state index contributed by atoms with van der Waals surface area (Å²) in [6, 6.07) is -0.396. The van der Waals surface area contributed by atoms with Gasteiger partial charge in [-0.05, 0) is 25.2 Å². The van der Waals surface area contributed by atoms with Crippen LogP contribution < -0.4 is 11.1 Å². The third-order valence-corrected chi connectivity index (χ3v) is 2.96. The molecule has 3 N–H and O–H groups in total. The maximum atomic E-state index is 10.6. The number of nitrogens with one attached hydrogen (secondary N) is 1. The summed E-state index contributed by atoms with van der Waals surface area (Å²) in [6.07, 6.45) is 3.88. The molecular weight excluding hydrogens is 154 g/mol. The van der Waals surface area contributed by atoms with Gasteiger partial charge in [0.05, 0.1) is 6.17 Å². The van der Waals surface area contributed by atoms with Gasteiger partial charge in [-0.1, -0.05) is 0 Å². The van der Waals surface area contributed by atoms with E-state index >= 15 is 0 Å². The molecule has 0 aliphatic carbocycles. The molecular formula is C8H15N3O. The number of hydrogen-bond donors (Lipinski definition) is 2. The smallest absolute Gasteiger partial charge is 0.313 e. The van der Waals surface area contributed by atoms with Crippen molar-refractivity contribution >= 4 is 6.03 Å². The van der Waals surface area contributed by atoms with E-state index < -0.39 is 6.03 Å². The molecule has 0 aromatic rings. The number of rotatable bonds is 1. The number of hydrogen-bond acceptors (Lipinski definition) is 2. The summed E-state index contributed by atoms with van der Waals surface area (Å²) in [5.41, 5.74) is 5.08. The molecule has 0 spiro atoms. The fourth-order valence-electron chi connectivity index (χ4n) is 2.28. The summed E-state index contributed by atoms with van der Waals surface area (Å²) in [6.45, 7) is 2.24. The normalized spacial score (nSPS) is 39.5. The third-order valence-electron chi connectivity index (χ3n) is 2.96. The lowest BCUT2D eigenvalue weighted by atomic mass is 9.86. The van der Waals surface area contributed by atoms with Crippen molar-refractivity contribution in [3.05, 3.63) is 0 Å². The van der Waals surface area contributed by atoms with Crippen molar-refractivity contribution in [2.75, 3.05) is 13.1 Å². The zero-order chi connectivity index (χ0) is 8.55. The van der Waals surface area contributed by atoms with Gasteiger partial charge < -0.3 is 11.1 Å². The molecule has 4 nitrogen and oxygen atoms in total. The highest BCUT2D eigenvalue weighted by molar-refractivity contribution is 5.71. The van der Waals surface area contributed by atoms with Crippen LogP contribution in [0.4, 0.5) is 4.79 Å². The number of nitrogens with two attached hydrogens (primary N) is 1. The minimum Gasteiger partial charge on any atom is -0.352 e. The fraction of sp³-hybridized carbons (Fsp3) is 0.875. The number of carbonyl (C=O) groups is 1. The van der Waals surface area contributed by atoms with Crippen molar-refractivity contribution < 1.29 is 4.79 Å². The van der Waals surface area contributed by atoms with Crippen molar-refractivity contribution in [1.29, 1.82) is 0 Å². The molecule has 3 fully saturated rings. The zero-order valence-electron chi connectivity index (χ0n) is 7.12. The number of piperidine rings is 3. The Bertz CT molecular complexity index is 187. The van der Waals surface area contributed by atoms with Crippen LogP contribution in [0.1, 0.15) is 19.3 Å². The van der Waals surface area contributed by atoms with E-state index in [4.69, 9.17) is 5.73 Å². The molecule has 3 rings (SSSR count). The van der Waals surface area contributed by atoms with Crippen LogP contribution in [0.15, 0.2) is 0 Å². The molecule has 4 heteroatoms. The first-order valence-electron chi connectivity index (χ1n) is 4.56. The van der Waals surface area contributed by atoms with Gasteiger partial charge >= 0.3 is 6.03 Å². The van der Waals surface area contributed by atoms with Crippen molar-refractivity contribution in [3.8, 4) is 0 Å². The van der Waals surface area contributed by atoms with E-state index in [1.807, 2.05) is 0 Å². The zero-order valence-corrected chi connectivity index (χ0v) is 7.12. The van der Waals surface area contributed by atoms with Gasteiger partial charge in [-0.25, -0.2) is 4.79 Å². The van der Waals surface area contributed by atoms with Gasteiger partial charge in [0, 0.05) is 13.1 Å². The molecule has 1 unspecified atom stereocenters. The van der Waals surface area contributed by atoms with Crippen LogP contribution in [0, 0.1) is 5.92 Å². The maximum absolute atomic E-state index is 10.6. The molecule has 68 valence electrons. The second kappa shape index (κ2) is 2.94. The first-order valence-corrected chi connectivity index (χ1v) is 4.56. The van der Waals surface area contributed by atoms with Crippen molar-refractivity contribution in [1.82, 2.24) is 10.2 Å². The largest absolute Gasteiger partial charge is 0.352 e. The molecule has 3 aliphatic rings. The van der Waals surface area contributed by atoms with E-state index in [1.165, 1.54) is 12.8 Å². The Labute approximate surface area is 72.1 Å². The summed E-state index contributed by atoms with van der Waals surface area (Å²) in [4.78, 5) is 12.9. The van der Waals surface area contributed by atoms with Gasteiger partial charge in [0.2, 0.25) is 0 Å². The molecule has 3 heterocycles. The number of primary amides is 1. The maximum Gasteiger partial charge on any atom is 0.313 e. The van der Waals surface area contributed by atoms with E-state index in [0.717, 1.165) is 25.4 Å². The lowest BCUT2D eigenvalue weighted by Gasteiger charge is -2.45. The number of urea groups is 1. The summed E-state index contributed by atoms with van der Waals surface area (Å²) in [5.74, 6) is 0.812. The Kier molecular flexibility index (Phi) is 1.92. The lowest BCUT2D eigenvalue weighted by molar-refractivity contribution is 0.0379. The highest BCUT2D eigenvalue weighted by atomic mass is 16.2. The Morgan fingerprint density at radius 2 is 2.08 bits per heavy atom. The molecule has 3 saturated heterocycles. The average Bonchev–Trinajstić information content (AvgIpc) is 2.05. The Balaban J connectivity index is 1.95. The standard InChI is InChI=1S/C8H15N3O/c9-8(12)10-7-5-6-1-3-11(7)4-2-6/h6-7H,1-5H2,(H3,9,10,12). The number of carbonyl (C=O) groups excluding carboxylic acids is 1. The first-order chi connectivity index (χ1) is 5.75. The molecule has 12 heavy (non-hydrogen) atoms.